The fourth-order valence-electron chi connectivity index (χ4n) is 3.40. The van der Waals surface area contributed by atoms with E-state index in [4.69, 9.17) is 9.73 Å². The van der Waals surface area contributed by atoms with Crippen LogP contribution >= 0.6 is 24.0 Å². The first kappa shape index (κ1) is 22.4. The van der Waals surface area contributed by atoms with Gasteiger partial charge in [0.25, 0.3) is 0 Å². The molecule has 8 heteroatoms. The molecule has 1 fully saturated rings. The van der Waals surface area contributed by atoms with Crippen LogP contribution in [-0.4, -0.2) is 59.0 Å². The number of nitrogens with one attached hydrogen (secondary N) is 1. The van der Waals surface area contributed by atoms with Crippen LogP contribution in [0.15, 0.2) is 35.6 Å². The van der Waals surface area contributed by atoms with E-state index in [1.807, 2.05) is 35.7 Å². The average molecular weight is 499 g/mol. The number of aliphatic imine (C=N–C) groups is 1. The van der Waals surface area contributed by atoms with Crippen LogP contribution in [0.5, 0.6) is 0 Å². The van der Waals surface area contributed by atoms with E-state index in [0.29, 0.717) is 13.2 Å². The molecule has 7 nitrogen and oxygen atoms in total. The molecule has 1 aliphatic heterocycles. The van der Waals surface area contributed by atoms with Gasteiger partial charge in [-0.25, -0.2) is 4.98 Å². The summed E-state index contributed by atoms with van der Waals surface area (Å²) in [7, 11) is 0. The van der Waals surface area contributed by atoms with Gasteiger partial charge in [-0.05, 0) is 38.8 Å². The molecule has 28 heavy (non-hydrogen) atoms. The molecular formula is C20H30IN5O2. The summed E-state index contributed by atoms with van der Waals surface area (Å²) in [6, 6.07) is 6.00. The van der Waals surface area contributed by atoms with Gasteiger partial charge in [0.15, 0.2) is 5.96 Å². The fraction of sp³-hybridized carbons (Fsp3) is 0.550. The van der Waals surface area contributed by atoms with Crippen LogP contribution in [0.3, 0.4) is 0 Å². The number of halogens is 1. The lowest BCUT2D eigenvalue weighted by Crippen LogP contribution is -2.46. The Morgan fingerprint density at radius 2 is 2.11 bits per heavy atom. The molecule has 2 aromatic heterocycles. The second kappa shape index (κ2) is 11.2. The van der Waals surface area contributed by atoms with Crippen LogP contribution < -0.4 is 5.32 Å². The second-order valence-corrected chi connectivity index (χ2v) is 6.70. The van der Waals surface area contributed by atoms with E-state index in [-0.39, 0.29) is 35.9 Å². The minimum atomic E-state index is -0.0639. The zero-order valence-corrected chi connectivity index (χ0v) is 19.0. The van der Waals surface area contributed by atoms with Crippen LogP contribution in [-0.2, 0) is 16.0 Å². The summed E-state index contributed by atoms with van der Waals surface area (Å²) < 4.78 is 7.18. The molecule has 1 saturated heterocycles. The van der Waals surface area contributed by atoms with Crippen molar-refractivity contribution >= 4 is 41.6 Å². The third-order valence-electron chi connectivity index (χ3n) is 4.79. The maximum atomic E-state index is 11.9. The Bertz CT molecular complexity index is 751. The van der Waals surface area contributed by atoms with Gasteiger partial charge in [0.2, 0.25) is 0 Å². The number of likely N-dealkylation sites (tertiary alicyclic amines) is 1. The molecule has 0 atom stereocenters. The highest BCUT2D eigenvalue weighted by Crippen LogP contribution is 2.18. The molecular weight excluding hydrogens is 469 g/mol. The van der Waals surface area contributed by atoms with Gasteiger partial charge in [0.05, 0.1) is 18.2 Å². The summed E-state index contributed by atoms with van der Waals surface area (Å²) in [4.78, 5) is 23.5. The monoisotopic (exact) mass is 499 g/mol. The van der Waals surface area contributed by atoms with Crippen molar-refractivity contribution in [2.75, 3.05) is 32.8 Å². The van der Waals surface area contributed by atoms with Crippen molar-refractivity contribution in [1.82, 2.24) is 19.6 Å². The summed E-state index contributed by atoms with van der Waals surface area (Å²) in [5.41, 5.74) is 2.01. The van der Waals surface area contributed by atoms with Gasteiger partial charge in [-0.1, -0.05) is 6.07 Å². The molecule has 0 amide bonds. The summed E-state index contributed by atoms with van der Waals surface area (Å²) >= 11 is 0. The number of esters is 1. The number of imidazole rings is 1. The number of fused-ring (bicyclic) bond motifs is 1. The number of rotatable bonds is 6. The normalized spacial score (nSPS) is 15.4. The van der Waals surface area contributed by atoms with E-state index in [2.05, 4.69) is 28.3 Å². The molecule has 3 heterocycles. The molecule has 2 aromatic rings. The largest absolute Gasteiger partial charge is 0.466 e. The average Bonchev–Trinajstić information content (AvgIpc) is 3.10. The van der Waals surface area contributed by atoms with Crippen molar-refractivity contribution in [3.8, 4) is 0 Å². The van der Waals surface area contributed by atoms with Crippen molar-refractivity contribution in [3.05, 3.63) is 36.3 Å². The highest BCUT2D eigenvalue weighted by Gasteiger charge is 2.27. The fourth-order valence-corrected chi connectivity index (χ4v) is 3.40. The second-order valence-electron chi connectivity index (χ2n) is 6.70. The van der Waals surface area contributed by atoms with E-state index >= 15 is 0 Å². The quantitative estimate of drug-likeness (QED) is 0.287. The highest BCUT2D eigenvalue weighted by atomic mass is 127. The van der Waals surface area contributed by atoms with Crippen molar-refractivity contribution in [1.29, 1.82) is 0 Å². The summed E-state index contributed by atoms with van der Waals surface area (Å²) in [6.45, 7) is 7.53. The first-order valence-electron chi connectivity index (χ1n) is 9.83. The Morgan fingerprint density at radius 3 is 2.79 bits per heavy atom. The number of carbonyl (C=O) groups excluding carboxylic acids is 1. The number of hydrogen-bond donors (Lipinski definition) is 1. The van der Waals surface area contributed by atoms with E-state index in [1.54, 1.807) is 0 Å². The molecule has 0 aliphatic carbocycles. The zero-order valence-electron chi connectivity index (χ0n) is 16.6. The maximum Gasteiger partial charge on any atom is 0.309 e. The lowest BCUT2D eigenvalue weighted by Gasteiger charge is -2.33. The summed E-state index contributed by atoms with van der Waals surface area (Å²) in [5.74, 6) is 0.872. The molecule has 0 saturated carbocycles. The van der Waals surface area contributed by atoms with Crippen LogP contribution in [0, 0.1) is 5.92 Å². The highest BCUT2D eigenvalue weighted by molar-refractivity contribution is 14.0. The van der Waals surface area contributed by atoms with Crippen molar-refractivity contribution in [2.24, 2.45) is 10.9 Å². The van der Waals surface area contributed by atoms with Crippen LogP contribution in [0.4, 0.5) is 0 Å². The number of aromatic nitrogens is 2. The topological polar surface area (TPSA) is 71.2 Å². The predicted molar refractivity (Wildman–Crippen MR) is 121 cm³/mol. The number of ether oxygens (including phenoxy) is 1. The minimum Gasteiger partial charge on any atom is -0.466 e. The van der Waals surface area contributed by atoms with Crippen LogP contribution in [0.2, 0.25) is 0 Å². The Hall–Kier alpha value is -1.84. The smallest absolute Gasteiger partial charge is 0.309 e. The van der Waals surface area contributed by atoms with E-state index < -0.39 is 0 Å². The molecule has 1 aliphatic rings. The molecule has 3 rings (SSSR count). The molecule has 0 radical (unpaired) electrons. The van der Waals surface area contributed by atoms with Gasteiger partial charge < -0.3 is 19.4 Å². The third kappa shape index (κ3) is 5.83. The van der Waals surface area contributed by atoms with Crippen molar-refractivity contribution in [3.63, 3.8) is 0 Å². The molecule has 0 bridgehead atoms. The van der Waals surface area contributed by atoms with Gasteiger partial charge in [-0.2, -0.15) is 0 Å². The minimum absolute atomic E-state index is 0. The standard InChI is InChI=1S/C20H29N5O2.HI/c1-3-21-20(24-13-9-16(10-14-24)19(26)27-4-2)22-11-8-17-15-25-12-6-5-7-18(25)23-17;/h5-7,12,15-16H,3-4,8-11,13-14H2,1-2H3,(H,21,22);1H. The summed E-state index contributed by atoms with van der Waals surface area (Å²) in [5, 5.41) is 3.37. The first-order chi connectivity index (χ1) is 13.2. The zero-order chi connectivity index (χ0) is 19.1. The van der Waals surface area contributed by atoms with Crippen LogP contribution in [0.25, 0.3) is 5.65 Å². The van der Waals surface area contributed by atoms with Gasteiger partial charge in [-0.15, -0.1) is 24.0 Å². The van der Waals surface area contributed by atoms with Crippen molar-refractivity contribution in [2.45, 2.75) is 33.1 Å². The number of pyridine rings is 1. The SMILES string of the molecule is CCNC(=NCCc1cn2ccccc2n1)N1CCC(C(=O)OCC)CC1.I. The molecule has 154 valence electrons. The summed E-state index contributed by atoms with van der Waals surface area (Å²) in [6.07, 6.45) is 6.50. The number of carbonyl (C=O) groups is 1. The number of piperidine rings is 1. The molecule has 0 aromatic carbocycles. The molecule has 1 N–H and O–H groups in total. The Kier molecular flexibility index (Phi) is 9.01. The van der Waals surface area contributed by atoms with Gasteiger partial charge in [0.1, 0.15) is 5.65 Å². The number of guanidine groups is 1. The van der Waals surface area contributed by atoms with Gasteiger partial charge in [-0.3, -0.25) is 9.79 Å². The predicted octanol–water partition coefficient (Wildman–Crippen LogP) is 2.74. The lowest BCUT2D eigenvalue weighted by molar-refractivity contribution is -0.149. The van der Waals surface area contributed by atoms with E-state index in [0.717, 1.165) is 56.2 Å². The number of hydrogen-bond acceptors (Lipinski definition) is 4. The number of nitrogens with zero attached hydrogens (tertiary/aromatic N) is 4. The van der Waals surface area contributed by atoms with Crippen LogP contribution in [0.1, 0.15) is 32.4 Å². The van der Waals surface area contributed by atoms with E-state index in [9.17, 15) is 4.79 Å². The molecule has 0 unspecified atom stereocenters. The van der Waals surface area contributed by atoms with Crippen molar-refractivity contribution < 1.29 is 9.53 Å². The third-order valence-corrected chi connectivity index (χ3v) is 4.79. The Morgan fingerprint density at radius 1 is 1.32 bits per heavy atom. The molecule has 0 spiro atoms. The van der Waals surface area contributed by atoms with Gasteiger partial charge >= 0.3 is 5.97 Å². The Balaban J connectivity index is 0.00000280. The van der Waals surface area contributed by atoms with E-state index in [1.165, 1.54) is 0 Å². The maximum absolute atomic E-state index is 11.9. The van der Waals surface area contributed by atoms with Gasteiger partial charge in [0, 0.05) is 45.0 Å². The Labute approximate surface area is 183 Å². The lowest BCUT2D eigenvalue weighted by atomic mass is 9.97. The first-order valence-corrected chi connectivity index (χ1v) is 9.83.